The predicted octanol–water partition coefficient (Wildman–Crippen LogP) is 4.15. The van der Waals surface area contributed by atoms with Crippen LogP contribution in [0.25, 0.3) is 0 Å². The van der Waals surface area contributed by atoms with Gasteiger partial charge in [0.25, 0.3) is 0 Å². The molecule has 0 spiro atoms. The molecule has 0 aliphatic heterocycles. The maximum Gasteiger partial charge on any atom is 0.166 e. The third kappa shape index (κ3) is 3.27. The molecule has 6 heteroatoms. The number of hydrogen-bond donors (Lipinski definition) is 1. The quantitative estimate of drug-likeness (QED) is 0.850. The fraction of sp³-hybridized carbons (Fsp3) is 0. The molecule has 0 aliphatic carbocycles. The van der Waals surface area contributed by atoms with Crippen LogP contribution in [-0.4, -0.2) is 4.99 Å². The summed E-state index contributed by atoms with van der Waals surface area (Å²) in [6.45, 7) is 0. The summed E-state index contributed by atoms with van der Waals surface area (Å²) < 4.78 is 32.7. The zero-order chi connectivity index (χ0) is 14.0. The summed E-state index contributed by atoms with van der Waals surface area (Å²) in [6, 6.07) is 7.90. The number of rotatable bonds is 3. The molecule has 98 valence electrons. The molecule has 19 heavy (non-hydrogen) atoms. The fourth-order valence-corrected chi connectivity index (χ4v) is 1.97. The van der Waals surface area contributed by atoms with Crippen LogP contribution in [0, 0.1) is 11.6 Å². The Bertz CT molecular complexity index is 649. The van der Waals surface area contributed by atoms with Crippen LogP contribution in [0.2, 0.25) is 0 Å². The van der Waals surface area contributed by atoms with Gasteiger partial charge in [-0.1, -0.05) is 28.1 Å². The molecule has 2 aromatic rings. The molecule has 2 N–H and O–H groups in total. The summed E-state index contributed by atoms with van der Waals surface area (Å²) in [6.07, 6.45) is 0. The van der Waals surface area contributed by atoms with Gasteiger partial charge in [0.15, 0.2) is 11.6 Å². The molecule has 0 saturated heterocycles. The first kappa shape index (κ1) is 13.9. The first-order valence-electron chi connectivity index (χ1n) is 5.19. The Balaban J connectivity index is 2.45. The Kier molecular flexibility index (Phi) is 4.11. The second-order valence-corrected chi connectivity index (χ2v) is 5.04. The maximum atomic E-state index is 13.5. The lowest BCUT2D eigenvalue weighted by Crippen LogP contribution is -2.10. The highest BCUT2D eigenvalue weighted by Crippen LogP contribution is 2.30. The van der Waals surface area contributed by atoms with Gasteiger partial charge in [0.2, 0.25) is 0 Å². The van der Waals surface area contributed by atoms with Crippen LogP contribution in [0.5, 0.6) is 11.5 Å². The highest BCUT2D eigenvalue weighted by atomic mass is 79.9. The lowest BCUT2D eigenvalue weighted by molar-refractivity contribution is 0.435. The molecule has 0 heterocycles. The van der Waals surface area contributed by atoms with Crippen molar-refractivity contribution in [3.63, 3.8) is 0 Å². The number of ether oxygens (including phenoxy) is 1. The van der Waals surface area contributed by atoms with Crippen LogP contribution in [-0.2, 0) is 0 Å². The molecular weight excluding hydrogens is 336 g/mol. The molecule has 2 rings (SSSR count). The topological polar surface area (TPSA) is 35.2 Å². The average Bonchev–Trinajstić information content (AvgIpc) is 2.33. The summed E-state index contributed by atoms with van der Waals surface area (Å²) in [5.74, 6) is -1.24. The lowest BCUT2D eigenvalue weighted by Gasteiger charge is -2.11. The van der Waals surface area contributed by atoms with E-state index in [1.807, 2.05) is 0 Å². The van der Waals surface area contributed by atoms with Crippen molar-refractivity contribution in [2.45, 2.75) is 0 Å². The van der Waals surface area contributed by atoms with Crippen molar-refractivity contribution in [3.8, 4) is 11.5 Å². The van der Waals surface area contributed by atoms with Gasteiger partial charge in [0.05, 0.1) is 5.56 Å². The standard InChI is InChI=1S/C13H8BrF2NOS/c14-7-1-3-9(13(17)19)11(5-7)18-12-6-8(15)2-4-10(12)16/h1-6H,(H2,17,19). The molecule has 0 amide bonds. The van der Waals surface area contributed by atoms with E-state index in [4.69, 9.17) is 22.7 Å². The Morgan fingerprint density at radius 2 is 1.84 bits per heavy atom. The van der Waals surface area contributed by atoms with Crippen molar-refractivity contribution in [3.05, 3.63) is 58.1 Å². The number of thiocarbonyl (C=S) groups is 1. The van der Waals surface area contributed by atoms with Crippen LogP contribution in [0.15, 0.2) is 40.9 Å². The van der Waals surface area contributed by atoms with Crippen molar-refractivity contribution < 1.29 is 13.5 Å². The van der Waals surface area contributed by atoms with Gasteiger partial charge in [-0.15, -0.1) is 0 Å². The highest BCUT2D eigenvalue weighted by Gasteiger charge is 2.12. The fourth-order valence-electron chi connectivity index (χ4n) is 1.46. The predicted molar refractivity (Wildman–Crippen MR) is 76.5 cm³/mol. The molecule has 0 fully saturated rings. The minimum absolute atomic E-state index is 0.110. The van der Waals surface area contributed by atoms with E-state index in [1.54, 1.807) is 18.2 Å². The van der Waals surface area contributed by atoms with E-state index in [9.17, 15) is 8.78 Å². The van der Waals surface area contributed by atoms with Gasteiger partial charge in [-0.2, -0.15) is 0 Å². The molecule has 0 saturated carbocycles. The largest absolute Gasteiger partial charge is 0.453 e. The maximum absolute atomic E-state index is 13.5. The number of benzene rings is 2. The highest BCUT2D eigenvalue weighted by molar-refractivity contribution is 9.10. The number of nitrogens with two attached hydrogens (primary N) is 1. The van der Waals surface area contributed by atoms with Crippen LogP contribution in [0.1, 0.15) is 5.56 Å². The van der Waals surface area contributed by atoms with Gasteiger partial charge in [-0.05, 0) is 30.3 Å². The zero-order valence-electron chi connectivity index (χ0n) is 9.49. The molecule has 0 aliphatic rings. The summed E-state index contributed by atoms with van der Waals surface area (Å²) in [5.41, 5.74) is 6.00. The molecule has 0 atom stereocenters. The van der Waals surface area contributed by atoms with Crippen molar-refractivity contribution >= 4 is 33.1 Å². The normalized spacial score (nSPS) is 10.3. The Morgan fingerprint density at radius 1 is 1.11 bits per heavy atom. The van der Waals surface area contributed by atoms with Crippen LogP contribution in [0.4, 0.5) is 8.78 Å². The van der Waals surface area contributed by atoms with E-state index in [0.717, 1.165) is 18.2 Å². The van der Waals surface area contributed by atoms with Gasteiger partial charge in [0.1, 0.15) is 16.6 Å². The summed E-state index contributed by atoms with van der Waals surface area (Å²) in [4.78, 5) is 0.110. The van der Waals surface area contributed by atoms with Crippen LogP contribution < -0.4 is 10.5 Å². The first-order valence-corrected chi connectivity index (χ1v) is 6.40. The summed E-state index contributed by atoms with van der Waals surface area (Å²) >= 11 is 8.14. The van der Waals surface area contributed by atoms with Crippen LogP contribution >= 0.6 is 28.1 Å². The second-order valence-electron chi connectivity index (χ2n) is 3.68. The molecule has 2 nitrogen and oxygen atoms in total. The van der Waals surface area contributed by atoms with Gasteiger partial charge in [-0.25, -0.2) is 8.78 Å². The molecule has 0 unspecified atom stereocenters. The van der Waals surface area contributed by atoms with Crippen molar-refractivity contribution in [1.29, 1.82) is 0 Å². The third-order valence-corrected chi connectivity index (χ3v) is 3.04. The molecule has 0 radical (unpaired) electrons. The van der Waals surface area contributed by atoms with E-state index in [1.165, 1.54) is 0 Å². The zero-order valence-corrected chi connectivity index (χ0v) is 11.9. The van der Waals surface area contributed by atoms with E-state index >= 15 is 0 Å². The first-order chi connectivity index (χ1) is 8.97. The van der Waals surface area contributed by atoms with Crippen molar-refractivity contribution in [2.75, 3.05) is 0 Å². The van der Waals surface area contributed by atoms with E-state index in [0.29, 0.717) is 10.0 Å². The van der Waals surface area contributed by atoms with Gasteiger partial charge >= 0.3 is 0 Å². The molecule has 0 aromatic heterocycles. The monoisotopic (exact) mass is 343 g/mol. The second kappa shape index (κ2) is 5.63. The van der Waals surface area contributed by atoms with E-state index < -0.39 is 11.6 Å². The number of halogens is 3. The lowest BCUT2D eigenvalue weighted by atomic mass is 10.2. The summed E-state index contributed by atoms with van der Waals surface area (Å²) in [5, 5.41) is 0. The summed E-state index contributed by atoms with van der Waals surface area (Å²) in [7, 11) is 0. The number of hydrogen-bond acceptors (Lipinski definition) is 2. The van der Waals surface area contributed by atoms with Crippen molar-refractivity contribution in [1.82, 2.24) is 0 Å². The van der Waals surface area contributed by atoms with Gasteiger partial charge in [0, 0.05) is 10.5 Å². The van der Waals surface area contributed by atoms with Crippen molar-refractivity contribution in [2.24, 2.45) is 5.73 Å². The van der Waals surface area contributed by atoms with Gasteiger partial charge < -0.3 is 10.5 Å². The Morgan fingerprint density at radius 3 is 2.53 bits per heavy atom. The Labute approximate surface area is 122 Å². The van der Waals surface area contributed by atoms with E-state index in [2.05, 4.69) is 15.9 Å². The minimum Gasteiger partial charge on any atom is -0.453 e. The minimum atomic E-state index is -0.671. The Hall–Kier alpha value is -1.53. The smallest absolute Gasteiger partial charge is 0.166 e. The molecular formula is C13H8BrF2NOS. The van der Waals surface area contributed by atoms with E-state index in [-0.39, 0.29) is 16.5 Å². The van der Waals surface area contributed by atoms with Gasteiger partial charge in [-0.3, -0.25) is 0 Å². The van der Waals surface area contributed by atoms with Crippen LogP contribution in [0.3, 0.4) is 0 Å². The molecule has 0 bridgehead atoms. The molecule has 2 aromatic carbocycles. The third-order valence-electron chi connectivity index (χ3n) is 2.32. The average molecular weight is 344 g/mol. The SMILES string of the molecule is NC(=S)c1ccc(Br)cc1Oc1cc(F)ccc1F.